The van der Waals surface area contributed by atoms with Crippen molar-refractivity contribution in [2.75, 3.05) is 11.9 Å². The predicted octanol–water partition coefficient (Wildman–Crippen LogP) is 4.24. The Morgan fingerprint density at radius 2 is 1.83 bits per heavy atom. The van der Waals surface area contributed by atoms with E-state index in [2.05, 4.69) is 16.2 Å². The van der Waals surface area contributed by atoms with Crippen molar-refractivity contribution in [1.82, 2.24) is 10.9 Å². The number of carbonyl (C=O) groups is 2. The summed E-state index contributed by atoms with van der Waals surface area (Å²) in [5, 5.41) is 3.60. The molecule has 0 aliphatic carbocycles. The van der Waals surface area contributed by atoms with Crippen LogP contribution in [0.5, 0.6) is 0 Å². The number of hydrazine groups is 1. The van der Waals surface area contributed by atoms with Gasteiger partial charge in [-0.1, -0.05) is 30.3 Å². The molecule has 0 spiro atoms. The van der Waals surface area contributed by atoms with Crippen LogP contribution in [-0.4, -0.2) is 29.4 Å². The van der Waals surface area contributed by atoms with Crippen LogP contribution in [0.4, 0.5) is 9.80 Å². The van der Waals surface area contributed by atoms with Crippen LogP contribution in [-0.2, 0) is 15.9 Å². The van der Waals surface area contributed by atoms with E-state index in [1.165, 1.54) is 11.3 Å². The van der Waals surface area contributed by atoms with Gasteiger partial charge in [0.25, 0.3) is 0 Å². The number of carbonyl (C=O) groups excluding carboxylic acids is 2. The molecule has 0 saturated heterocycles. The number of thiocarbonyl (C=S) groups is 1. The van der Waals surface area contributed by atoms with Gasteiger partial charge in [-0.25, -0.2) is 15.0 Å². The van der Waals surface area contributed by atoms with Crippen LogP contribution < -0.4 is 16.2 Å². The lowest BCUT2D eigenvalue weighted by Crippen LogP contribution is -2.45. The first-order valence-corrected chi connectivity index (χ1v) is 10.3. The molecular formula is C20H25N3O4S2. The van der Waals surface area contributed by atoms with Crippen molar-refractivity contribution in [1.29, 1.82) is 0 Å². The first-order valence-electron chi connectivity index (χ1n) is 9.07. The number of benzene rings is 1. The second-order valence-electron chi connectivity index (χ2n) is 7.04. The largest absolute Gasteiger partial charge is 0.462 e. The lowest BCUT2D eigenvalue weighted by Gasteiger charge is -2.20. The van der Waals surface area contributed by atoms with Crippen LogP contribution in [0.25, 0.3) is 0 Å². The van der Waals surface area contributed by atoms with Gasteiger partial charge in [-0.15, -0.1) is 11.3 Å². The second kappa shape index (κ2) is 10.2. The highest BCUT2D eigenvalue weighted by Gasteiger charge is 2.19. The Morgan fingerprint density at radius 1 is 1.14 bits per heavy atom. The smallest absolute Gasteiger partial charge is 0.426 e. The van der Waals surface area contributed by atoms with Crippen LogP contribution >= 0.6 is 23.6 Å². The SMILES string of the molecule is CCOC(=O)c1cc(Cc2ccccc2)sc1NC(=S)NNC(=O)OC(C)(C)C. The van der Waals surface area contributed by atoms with Gasteiger partial charge in [-0.2, -0.15) is 0 Å². The third-order valence-corrected chi connectivity index (χ3v) is 4.66. The van der Waals surface area contributed by atoms with Crippen LogP contribution in [0.2, 0.25) is 0 Å². The normalized spacial score (nSPS) is 10.8. The number of rotatable bonds is 5. The molecule has 1 heterocycles. The Kier molecular flexibility index (Phi) is 7.98. The standard InChI is InChI=1S/C20H25N3O4S2/c1-5-26-17(24)15-12-14(11-13-9-7-6-8-10-13)29-16(15)21-18(28)22-23-19(25)27-20(2,3)4/h6-10,12H,5,11H2,1-4H3,(H,23,25)(H2,21,22,28). The summed E-state index contributed by atoms with van der Waals surface area (Å²) in [6.07, 6.45) is 0.0128. The van der Waals surface area contributed by atoms with Crippen LogP contribution in [0, 0.1) is 0 Å². The van der Waals surface area contributed by atoms with Gasteiger partial charge in [-0.3, -0.25) is 5.43 Å². The van der Waals surface area contributed by atoms with Crippen molar-refractivity contribution >= 4 is 45.7 Å². The number of hydrogen-bond donors (Lipinski definition) is 3. The molecule has 2 rings (SSSR count). The molecule has 0 bridgehead atoms. The number of ether oxygens (including phenoxy) is 2. The second-order valence-corrected chi connectivity index (χ2v) is 8.59. The van der Waals surface area contributed by atoms with Gasteiger partial charge in [0.15, 0.2) is 5.11 Å². The molecule has 1 amide bonds. The third-order valence-electron chi connectivity index (χ3n) is 3.40. The van der Waals surface area contributed by atoms with Crippen LogP contribution in [0.1, 0.15) is 48.5 Å². The number of esters is 1. The van der Waals surface area contributed by atoms with Crippen molar-refractivity contribution in [3.63, 3.8) is 0 Å². The molecule has 0 aliphatic rings. The van der Waals surface area contributed by atoms with E-state index in [-0.39, 0.29) is 11.7 Å². The van der Waals surface area contributed by atoms with Gasteiger partial charge in [0.2, 0.25) is 0 Å². The number of thiophene rings is 1. The Bertz CT molecular complexity index is 860. The third kappa shape index (κ3) is 7.71. The monoisotopic (exact) mass is 435 g/mol. The summed E-state index contributed by atoms with van der Waals surface area (Å²) in [5.74, 6) is -0.437. The number of anilines is 1. The van der Waals surface area contributed by atoms with Crippen molar-refractivity contribution in [3.8, 4) is 0 Å². The lowest BCUT2D eigenvalue weighted by atomic mass is 10.1. The maximum Gasteiger partial charge on any atom is 0.426 e. The molecule has 156 valence electrons. The van der Waals surface area contributed by atoms with Gasteiger partial charge in [0, 0.05) is 11.3 Å². The zero-order chi connectivity index (χ0) is 21.4. The van der Waals surface area contributed by atoms with Crippen molar-refractivity contribution < 1.29 is 19.1 Å². The topological polar surface area (TPSA) is 88.7 Å². The van der Waals surface area contributed by atoms with Gasteiger partial charge < -0.3 is 14.8 Å². The van der Waals surface area contributed by atoms with Crippen LogP contribution in [0.15, 0.2) is 36.4 Å². The molecule has 0 unspecified atom stereocenters. The van der Waals surface area contributed by atoms with Gasteiger partial charge >= 0.3 is 12.1 Å². The molecule has 3 N–H and O–H groups in total. The molecule has 29 heavy (non-hydrogen) atoms. The molecule has 0 saturated carbocycles. The van der Waals surface area contributed by atoms with Gasteiger partial charge in [0.05, 0.1) is 12.2 Å². The maximum atomic E-state index is 12.3. The van der Waals surface area contributed by atoms with E-state index in [0.717, 1.165) is 10.4 Å². The van der Waals surface area contributed by atoms with E-state index in [1.54, 1.807) is 33.8 Å². The Morgan fingerprint density at radius 3 is 2.45 bits per heavy atom. The summed E-state index contributed by atoms with van der Waals surface area (Å²) in [6, 6.07) is 11.7. The summed E-state index contributed by atoms with van der Waals surface area (Å²) in [4.78, 5) is 25.0. The fourth-order valence-electron chi connectivity index (χ4n) is 2.33. The summed E-state index contributed by atoms with van der Waals surface area (Å²) in [7, 11) is 0. The fourth-order valence-corrected chi connectivity index (χ4v) is 3.63. The summed E-state index contributed by atoms with van der Waals surface area (Å²) >= 11 is 6.61. The summed E-state index contributed by atoms with van der Waals surface area (Å²) in [6.45, 7) is 7.29. The Balaban J connectivity index is 2.07. The number of amides is 1. The quantitative estimate of drug-likeness (QED) is 0.368. The average Bonchev–Trinajstić information content (AvgIpc) is 3.02. The van der Waals surface area contributed by atoms with E-state index >= 15 is 0 Å². The molecule has 1 aromatic carbocycles. The molecule has 0 radical (unpaired) electrons. The highest BCUT2D eigenvalue weighted by molar-refractivity contribution is 7.80. The summed E-state index contributed by atoms with van der Waals surface area (Å²) < 4.78 is 10.3. The van der Waals surface area contributed by atoms with Crippen molar-refractivity contribution in [2.24, 2.45) is 0 Å². The Labute approximate surface area is 179 Å². The number of nitrogens with one attached hydrogen (secondary N) is 3. The predicted molar refractivity (Wildman–Crippen MR) is 118 cm³/mol. The van der Waals surface area contributed by atoms with E-state index in [0.29, 0.717) is 17.0 Å². The zero-order valence-corrected chi connectivity index (χ0v) is 18.5. The molecule has 2 aromatic rings. The van der Waals surface area contributed by atoms with E-state index < -0.39 is 17.7 Å². The molecule has 0 fully saturated rings. The lowest BCUT2D eigenvalue weighted by molar-refractivity contribution is 0.0507. The highest BCUT2D eigenvalue weighted by atomic mass is 32.1. The number of hydrogen-bond acceptors (Lipinski definition) is 6. The van der Waals surface area contributed by atoms with E-state index in [4.69, 9.17) is 21.7 Å². The maximum absolute atomic E-state index is 12.3. The van der Waals surface area contributed by atoms with Crippen LogP contribution in [0.3, 0.4) is 0 Å². The molecule has 7 nitrogen and oxygen atoms in total. The zero-order valence-electron chi connectivity index (χ0n) is 16.8. The summed E-state index contributed by atoms with van der Waals surface area (Å²) in [5.41, 5.74) is 5.81. The van der Waals surface area contributed by atoms with Gasteiger partial charge in [-0.05, 0) is 51.5 Å². The first kappa shape index (κ1) is 22.6. The molecular weight excluding hydrogens is 410 g/mol. The minimum atomic E-state index is -0.664. The van der Waals surface area contributed by atoms with Crippen molar-refractivity contribution in [3.05, 3.63) is 52.4 Å². The molecule has 0 atom stereocenters. The Hall–Kier alpha value is -2.65. The van der Waals surface area contributed by atoms with Crippen molar-refractivity contribution in [2.45, 2.75) is 39.7 Å². The minimum absolute atomic E-state index is 0.120. The van der Waals surface area contributed by atoms with E-state index in [9.17, 15) is 9.59 Å². The minimum Gasteiger partial charge on any atom is -0.462 e. The fraction of sp³-hybridized carbons (Fsp3) is 0.350. The van der Waals surface area contributed by atoms with Gasteiger partial charge in [0.1, 0.15) is 10.6 Å². The molecule has 1 aromatic heterocycles. The molecule has 9 heteroatoms. The first-order chi connectivity index (χ1) is 13.7. The highest BCUT2D eigenvalue weighted by Crippen LogP contribution is 2.30. The average molecular weight is 436 g/mol. The molecule has 0 aliphatic heterocycles. The van der Waals surface area contributed by atoms with E-state index in [1.807, 2.05) is 30.3 Å².